The Kier molecular flexibility index (Phi) is 5.16. The zero-order valence-electron chi connectivity index (χ0n) is 15.2. The van der Waals surface area contributed by atoms with Gasteiger partial charge in [0.15, 0.2) is 17.3 Å². The lowest BCUT2D eigenvalue weighted by atomic mass is 10.1. The van der Waals surface area contributed by atoms with E-state index in [1.54, 1.807) is 48.3 Å². The summed E-state index contributed by atoms with van der Waals surface area (Å²) >= 11 is 0. The van der Waals surface area contributed by atoms with Crippen molar-refractivity contribution in [1.29, 1.82) is 0 Å². The van der Waals surface area contributed by atoms with Crippen LogP contribution in [0.2, 0.25) is 0 Å². The van der Waals surface area contributed by atoms with E-state index in [-0.39, 0.29) is 11.8 Å². The van der Waals surface area contributed by atoms with Gasteiger partial charge >= 0.3 is 0 Å². The van der Waals surface area contributed by atoms with Gasteiger partial charge in [-0.15, -0.1) is 0 Å². The molecule has 0 radical (unpaired) electrons. The van der Waals surface area contributed by atoms with Crippen molar-refractivity contribution in [3.8, 4) is 11.5 Å². The Morgan fingerprint density at radius 3 is 2.08 bits per heavy atom. The number of nitrogens with zero attached hydrogens (tertiary/aromatic N) is 2. The van der Waals surface area contributed by atoms with E-state index in [1.807, 2.05) is 6.92 Å². The van der Waals surface area contributed by atoms with Crippen LogP contribution in [0, 0.1) is 6.92 Å². The van der Waals surface area contributed by atoms with Gasteiger partial charge in [0.1, 0.15) is 0 Å². The van der Waals surface area contributed by atoms with Crippen LogP contribution in [0.15, 0.2) is 34.9 Å². The average Bonchev–Trinajstić information content (AvgIpc) is 3.21. The van der Waals surface area contributed by atoms with Crippen molar-refractivity contribution in [2.75, 3.05) is 40.4 Å². The molecule has 0 N–H and O–H groups in total. The molecular formula is C19H22N2O5. The van der Waals surface area contributed by atoms with E-state index in [0.29, 0.717) is 49.0 Å². The molecule has 138 valence electrons. The molecule has 1 aliphatic rings. The van der Waals surface area contributed by atoms with Gasteiger partial charge in [-0.2, -0.15) is 0 Å². The Hall–Kier alpha value is -2.96. The van der Waals surface area contributed by atoms with Crippen LogP contribution in [0.3, 0.4) is 0 Å². The van der Waals surface area contributed by atoms with Crippen LogP contribution in [0.1, 0.15) is 26.5 Å². The minimum atomic E-state index is -0.149. The molecule has 2 aromatic rings. The summed E-state index contributed by atoms with van der Waals surface area (Å²) in [5, 5.41) is 0. The van der Waals surface area contributed by atoms with Crippen LogP contribution in [0.4, 0.5) is 0 Å². The van der Waals surface area contributed by atoms with Crippen LogP contribution in [-0.4, -0.2) is 62.0 Å². The largest absolute Gasteiger partial charge is 0.493 e. The number of hydrogen-bond donors (Lipinski definition) is 0. The second kappa shape index (κ2) is 7.51. The fourth-order valence-corrected chi connectivity index (χ4v) is 3.05. The predicted octanol–water partition coefficient (Wildman–Crippen LogP) is 2.20. The highest BCUT2D eigenvalue weighted by Crippen LogP contribution is 2.31. The van der Waals surface area contributed by atoms with Crippen LogP contribution in [0.5, 0.6) is 11.5 Å². The number of hydrogen-bond acceptors (Lipinski definition) is 5. The number of piperazine rings is 1. The lowest BCUT2D eigenvalue weighted by Crippen LogP contribution is -2.50. The first-order chi connectivity index (χ1) is 12.5. The predicted molar refractivity (Wildman–Crippen MR) is 94.8 cm³/mol. The highest BCUT2D eigenvalue weighted by molar-refractivity contribution is 5.97. The molecule has 1 fully saturated rings. The van der Waals surface area contributed by atoms with Crippen LogP contribution < -0.4 is 9.47 Å². The molecule has 1 aromatic heterocycles. The number of methoxy groups -OCH3 is 2. The average molecular weight is 358 g/mol. The molecule has 0 spiro atoms. The van der Waals surface area contributed by atoms with Gasteiger partial charge in [-0.05, 0) is 36.8 Å². The smallest absolute Gasteiger partial charge is 0.289 e. The first-order valence-corrected chi connectivity index (χ1v) is 8.39. The maximum Gasteiger partial charge on any atom is 0.289 e. The van der Waals surface area contributed by atoms with Crippen LogP contribution in [-0.2, 0) is 0 Å². The molecule has 7 nitrogen and oxygen atoms in total. The van der Waals surface area contributed by atoms with Gasteiger partial charge < -0.3 is 23.7 Å². The number of furan rings is 1. The number of rotatable bonds is 4. The minimum absolute atomic E-state index is 0.0754. The van der Waals surface area contributed by atoms with Gasteiger partial charge in [-0.25, -0.2) is 0 Å². The first kappa shape index (κ1) is 17.8. The topological polar surface area (TPSA) is 72.2 Å². The third-order valence-corrected chi connectivity index (χ3v) is 4.55. The van der Waals surface area contributed by atoms with Gasteiger partial charge in [0.25, 0.3) is 11.8 Å². The zero-order valence-corrected chi connectivity index (χ0v) is 15.2. The third-order valence-electron chi connectivity index (χ3n) is 4.55. The monoisotopic (exact) mass is 358 g/mol. The maximum absolute atomic E-state index is 12.9. The first-order valence-electron chi connectivity index (χ1n) is 8.39. The van der Waals surface area contributed by atoms with Crippen molar-refractivity contribution >= 4 is 11.8 Å². The minimum Gasteiger partial charge on any atom is -0.493 e. The van der Waals surface area contributed by atoms with E-state index in [4.69, 9.17) is 13.9 Å². The van der Waals surface area contributed by atoms with E-state index in [0.717, 1.165) is 5.56 Å². The Morgan fingerprint density at radius 2 is 1.54 bits per heavy atom. The van der Waals surface area contributed by atoms with Gasteiger partial charge in [0.05, 0.1) is 20.5 Å². The molecule has 7 heteroatoms. The van der Waals surface area contributed by atoms with Gasteiger partial charge in [0, 0.05) is 31.7 Å². The Labute approximate surface area is 152 Å². The highest BCUT2D eigenvalue weighted by Gasteiger charge is 2.27. The summed E-state index contributed by atoms with van der Waals surface area (Å²) in [6.07, 6.45) is 1.48. The molecule has 2 heterocycles. The number of amides is 2. The molecule has 1 aromatic carbocycles. The summed E-state index contributed by atoms with van der Waals surface area (Å²) in [5.74, 6) is 1.21. The number of ether oxygens (including phenoxy) is 2. The molecule has 0 saturated carbocycles. The van der Waals surface area contributed by atoms with Crippen LogP contribution in [0.25, 0.3) is 0 Å². The molecule has 0 unspecified atom stereocenters. The van der Waals surface area contributed by atoms with Crippen molar-refractivity contribution in [3.05, 3.63) is 47.4 Å². The summed E-state index contributed by atoms with van der Waals surface area (Å²) in [4.78, 5) is 28.7. The normalized spacial score (nSPS) is 14.3. The molecule has 0 atom stereocenters. The number of benzene rings is 1. The third kappa shape index (κ3) is 3.37. The molecule has 26 heavy (non-hydrogen) atoms. The second-order valence-corrected chi connectivity index (χ2v) is 6.08. The summed E-state index contributed by atoms with van der Waals surface area (Å²) in [6, 6.07) is 6.83. The molecule has 3 rings (SSSR count). The molecule has 1 aliphatic heterocycles. The quantitative estimate of drug-likeness (QED) is 0.838. The molecule has 1 saturated heterocycles. The Bertz CT molecular complexity index is 793. The molecule has 0 aliphatic carbocycles. The number of carbonyl (C=O) groups is 2. The number of carbonyl (C=O) groups excluding carboxylic acids is 2. The van der Waals surface area contributed by atoms with E-state index < -0.39 is 0 Å². The molecule has 0 bridgehead atoms. The number of aryl methyl sites for hydroxylation is 1. The lowest BCUT2D eigenvalue weighted by molar-refractivity contribution is 0.0517. The Balaban J connectivity index is 1.70. The van der Waals surface area contributed by atoms with Crippen molar-refractivity contribution in [2.24, 2.45) is 0 Å². The Morgan fingerprint density at radius 1 is 0.962 bits per heavy atom. The summed E-state index contributed by atoms with van der Waals surface area (Å²) in [7, 11) is 3.11. The standard InChI is InChI=1S/C19H22N2O5/c1-13-11-16(24-2)17(25-3)12-14(13)18(22)20-6-8-21(9-7-20)19(23)15-5-4-10-26-15/h4-5,10-12H,6-9H2,1-3H3. The van der Waals surface area contributed by atoms with E-state index in [2.05, 4.69) is 0 Å². The van der Waals surface area contributed by atoms with Crippen LogP contribution >= 0.6 is 0 Å². The molecular weight excluding hydrogens is 336 g/mol. The van der Waals surface area contributed by atoms with E-state index in [1.165, 1.54) is 6.26 Å². The van der Waals surface area contributed by atoms with Gasteiger partial charge in [-0.1, -0.05) is 0 Å². The SMILES string of the molecule is COc1cc(C)c(C(=O)N2CCN(C(=O)c3ccco3)CC2)cc1OC. The summed E-state index contributed by atoms with van der Waals surface area (Å²) < 4.78 is 15.7. The molecule has 2 amide bonds. The maximum atomic E-state index is 12.9. The highest BCUT2D eigenvalue weighted by atomic mass is 16.5. The fourth-order valence-electron chi connectivity index (χ4n) is 3.05. The van der Waals surface area contributed by atoms with Crippen molar-refractivity contribution < 1.29 is 23.5 Å². The van der Waals surface area contributed by atoms with E-state index in [9.17, 15) is 9.59 Å². The zero-order chi connectivity index (χ0) is 18.7. The van der Waals surface area contributed by atoms with Crippen molar-refractivity contribution in [3.63, 3.8) is 0 Å². The summed E-state index contributed by atoms with van der Waals surface area (Å²) in [6.45, 7) is 3.75. The van der Waals surface area contributed by atoms with Gasteiger partial charge in [-0.3, -0.25) is 9.59 Å². The van der Waals surface area contributed by atoms with E-state index >= 15 is 0 Å². The lowest BCUT2D eigenvalue weighted by Gasteiger charge is -2.34. The van der Waals surface area contributed by atoms with Gasteiger partial charge in [0.2, 0.25) is 0 Å². The fraction of sp³-hybridized carbons (Fsp3) is 0.368. The van der Waals surface area contributed by atoms with Crippen molar-refractivity contribution in [1.82, 2.24) is 9.80 Å². The second-order valence-electron chi connectivity index (χ2n) is 6.08. The van der Waals surface area contributed by atoms with Crippen molar-refractivity contribution in [2.45, 2.75) is 6.92 Å². The summed E-state index contributed by atoms with van der Waals surface area (Å²) in [5.41, 5.74) is 1.40.